The van der Waals surface area contributed by atoms with E-state index in [9.17, 15) is 19.2 Å². The molecule has 1 fully saturated rings. The Labute approximate surface area is 180 Å². The summed E-state index contributed by atoms with van der Waals surface area (Å²) in [4.78, 5) is 47.5. The van der Waals surface area contributed by atoms with Crippen LogP contribution in [0.25, 0.3) is 0 Å². The van der Waals surface area contributed by atoms with Crippen molar-refractivity contribution in [2.45, 2.75) is 57.5 Å². The van der Waals surface area contributed by atoms with Crippen molar-refractivity contribution >= 4 is 24.0 Å². The Morgan fingerprint density at radius 3 is 2.06 bits per heavy atom. The van der Waals surface area contributed by atoms with E-state index >= 15 is 0 Å². The van der Waals surface area contributed by atoms with Gasteiger partial charge in [-0.15, -0.1) is 0 Å². The van der Waals surface area contributed by atoms with Crippen LogP contribution in [-0.4, -0.2) is 62.6 Å². The molecule has 1 aromatic carbocycles. The Bertz CT molecular complexity index is 825. The Hall–Kier alpha value is -3.30. The molecule has 1 N–H and O–H groups in total. The van der Waals surface area contributed by atoms with Gasteiger partial charge in [-0.2, -0.15) is 0 Å². The van der Waals surface area contributed by atoms with Crippen LogP contribution in [0.15, 0.2) is 24.3 Å². The van der Waals surface area contributed by atoms with Crippen molar-refractivity contribution in [1.82, 2.24) is 5.32 Å². The van der Waals surface area contributed by atoms with Crippen LogP contribution in [-0.2, 0) is 33.3 Å². The van der Waals surface area contributed by atoms with Crippen LogP contribution in [0.5, 0.6) is 5.75 Å². The van der Waals surface area contributed by atoms with Crippen molar-refractivity contribution in [2.24, 2.45) is 0 Å². The zero-order valence-electron chi connectivity index (χ0n) is 18.1. The molecule has 1 aliphatic carbocycles. The first-order valence-electron chi connectivity index (χ1n) is 9.66. The molecule has 0 spiro atoms. The van der Waals surface area contributed by atoms with Gasteiger partial charge in [0.15, 0.2) is 12.2 Å². The van der Waals surface area contributed by atoms with Crippen LogP contribution in [0.4, 0.5) is 4.79 Å². The SMILES string of the molecule is COC(=O)N[C@H]1[C@H](OC(C)=O)[C@H](OC(C)=O)[C@@H](OC(C)=O)C[C@@H]1c1cccc(OC)c1. The van der Waals surface area contributed by atoms with Gasteiger partial charge in [-0.25, -0.2) is 4.79 Å². The lowest BCUT2D eigenvalue weighted by Crippen LogP contribution is -2.62. The van der Waals surface area contributed by atoms with E-state index in [1.165, 1.54) is 35.0 Å². The predicted octanol–water partition coefficient (Wildman–Crippen LogP) is 1.70. The van der Waals surface area contributed by atoms with Gasteiger partial charge in [0.1, 0.15) is 11.9 Å². The van der Waals surface area contributed by atoms with Crippen molar-refractivity contribution in [1.29, 1.82) is 0 Å². The second-order valence-electron chi connectivity index (χ2n) is 7.08. The molecule has 1 aliphatic rings. The fourth-order valence-corrected chi connectivity index (χ4v) is 3.76. The van der Waals surface area contributed by atoms with Gasteiger partial charge in [0.25, 0.3) is 0 Å². The smallest absolute Gasteiger partial charge is 0.407 e. The van der Waals surface area contributed by atoms with Crippen LogP contribution in [0.3, 0.4) is 0 Å². The van der Waals surface area contributed by atoms with Gasteiger partial charge in [-0.1, -0.05) is 12.1 Å². The molecule has 0 bridgehead atoms. The van der Waals surface area contributed by atoms with E-state index in [0.29, 0.717) is 5.75 Å². The maximum absolute atomic E-state index is 12.1. The number of esters is 3. The number of carbonyl (C=O) groups excluding carboxylic acids is 4. The lowest BCUT2D eigenvalue weighted by atomic mass is 9.75. The van der Waals surface area contributed by atoms with E-state index in [1.54, 1.807) is 24.3 Å². The molecule has 0 saturated heterocycles. The third kappa shape index (κ3) is 6.34. The fraction of sp³-hybridized carbons (Fsp3) is 0.524. The monoisotopic (exact) mass is 437 g/mol. The van der Waals surface area contributed by atoms with Crippen LogP contribution in [0.1, 0.15) is 38.7 Å². The van der Waals surface area contributed by atoms with Gasteiger partial charge in [-0.05, 0) is 24.1 Å². The van der Waals surface area contributed by atoms with Gasteiger partial charge in [-0.3, -0.25) is 14.4 Å². The van der Waals surface area contributed by atoms with Gasteiger partial charge < -0.3 is 29.0 Å². The van der Waals surface area contributed by atoms with Crippen molar-refractivity contribution in [2.75, 3.05) is 14.2 Å². The van der Waals surface area contributed by atoms with E-state index in [1.807, 2.05) is 0 Å². The standard InChI is InChI=1S/C21H27NO9/c1-11(23)29-17-10-16(14-7-6-8-15(9-14)27-4)18(22-21(26)28-5)20(31-13(3)25)19(17)30-12(2)24/h6-9,16-20H,10H2,1-5H3,(H,22,26)/t16-,17+,18-,19-,20+/m1/s1. The summed E-state index contributed by atoms with van der Waals surface area (Å²) in [5.74, 6) is -1.82. The molecule has 1 aromatic rings. The van der Waals surface area contributed by atoms with Gasteiger partial charge in [0, 0.05) is 26.7 Å². The summed E-state index contributed by atoms with van der Waals surface area (Å²) in [6.45, 7) is 3.60. The van der Waals surface area contributed by atoms with Gasteiger partial charge in [0.2, 0.25) is 0 Å². The highest BCUT2D eigenvalue weighted by Crippen LogP contribution is 2.39. The molecule has 10 heteroatoms. The zero-order chi connectivity index (χ0) is 23.1. The molecule has 5 atom stereocenters. The maximum atomic E-state index is 12.1. The number of nitrogens with one attached hydrogen (secondary N) is 1. The Morgan fingerprint density at radius 1 is 0.903 bits per heavy atom. The highest BCUT2D eigenvalue weighted by atomic mass is 16.6. The largest absolute Gasteiger partial charge is 0.497 e. The quantitative estimate of drug-likeness (QED) is 0.522. The summed E-state index contributed by atoms with van der Waals surface area (Å²) in [5.41, 5.74) is 0.733. The molecule has 0 unspecified atom stereocenters. The minimum Gasteiger partial charge on any atom is -0.497 e. The van der Waals surface area contributed by atoms with Crippen LogP contribution < -0.4 is 10.1 Å². The van der Waals surface area contributed by atoms with Gasteiger partial charge in [0.05, 0.1) is 20.3 Å². The van der Waals surface area contributed by atoms with E-state index in [-0.39, 0.29) is 6.42 Å². The Morgan fingerprint density at radius 2 is 1.52 bits per heavy atom. The topological polar surface area (TPSA) is 126 Å². The maximum Gasteiger partial charge on any atom is 0.407 e. The molecule has 31 heavy (non-hydrogen) atoms. The third-order valence-electron chi connectivity index (χ3n) is 4.88. The molecule has 10 nitrogen and oxygen atoms in total. The van der Waals surface area contributed by atoms with Gasteiger partial charge >= 0.3 is 24.0 Å². The normalized spacial score (nSPS) is 25.0. The van der Waals surface area contributed by atoms with Crippen LogP contribution in [0, 0.1) is 0 Å². The second-order valence-corrected chi connectivity index (χ2v) is 7.08. The minimum absolute atomic E-state index is 0.178. The van der Waals surface area contributed by atoms with E-state index < -0.39 is 54.3 Å². The average molecular weight is 437 g/mol. The molecular weight excluding hydrogens is 410 g/mol. The second kappa shape index (κ2) is 10.6. The number of hydrogen-bond donors (Lipinski definition) is 1. The molecule has 0 aliphatic heterocycles. The number of methoxy groups -OCH3 is 2. The number of ether oxygens (including phenoxy) is 5. The number of hydrogen-bond acceptors (Lipinski definition) is 9. The summed E-state index contributed by atoms with van der Waals surface area (Å²) in [5, 5.41) is 2.68. The zero-order valence-corrected chi connectivity index (χ0v) is 18.1. The first kappa shape index (κ1) is 24.0. The molecular formula is C21H27NO9. The highest BCUT2D eigenvalue weighted by Gasteiger charge is 2.51. The first-order chi connectivity index (χ1) is 14.7. The first-order valence-corrected chi connectivity index (χ1v) is 9.66. The number of carbonyl (C=O) groups is 4. The van der Waals surface area contributed by atoms with Crippen LogP contribution in [0.2, 0.25) is 0 Å². The summed E-state index contributed by atoms with van der Waals surface area (Å²) >= 11 is 0. The molecule has 0 radical (unpaired) electrons. The molecule has 0 aromatic heterocycles. The Kier molecular flexibility index (Phi) is 8.23. The number of rotatable bonds is 6. The van der Waals surface area contributed by atoms with E-state index in [2.05, 4.69) is 5.32 Å². The highest BCUT2D eigenvalue weighted by molar-refractivity contribution is 5.70. The van der Waals surface area contributed by atoms with Crippen molar-refractivity contribution < 1.29 is 42.9 Å². The lowest BCUT2D eigenvalue weighted by Gasteiger charge is -2.45. The predicted molar refractivity (Wildman–Crippen MR) is 106 cm³/mol. The summed E-state index contributed by atoms with van der Waals surface area (Å²) in [6, 6.07) is 6.24. The summed E-state index contributed by atoms with van der Waals surface area (Å²) in [7, 11) is 2.72. The van der Waals surface area contributed by atoms with E-state index in [4.69, 9.17) is 23.7 Å². The van der Waals surface area contributed by atoms with Crippen molar-refractivity contribution in [3.8, 4) is 5.75 Å². The number of alkyl carbamates (subject to hydrolysis) is 1. The molecule has 170 valence electrons. The summed E-state index contributed by atoms with van der Waals surface area (Å²) < 4.78 is 26.3. The third-order valence-corrected chi connectivity index (χ3v) is 4.88. The number of benzene rings is 1. The van der Waals surface area contributed by atoms with Crippen molar-refractivity contribution in [3.05, 3.63) is 29.8 Å². The number of amides is 1. The van der Waals surface area contributed by atoms with Crippen molar-refractivity contribution in [3.63, 3.8) is 0 Å². The lowest BCUT2D eigenvalue weighted by molar-refractivity contribution is -0.194. The molecule has 1 saturated carbocycles. The summed E-state index contributed by atoms with van der Waals surface area (Å²) in [6.07, 6.45) is -3.78. The molecule has 2 rings (SSSR count). The molecule has 0 heterocycles. The van der Waals surface area contributed by atoms with Crippen LogP contribution >= 0.6 is 0 Å². The Balaban J connectivity index is 2.58. The molecule has 1 amide bonds. The fourth-order valence-electron chi connectivity index (χ4n) is 3.76. The van der Waals surface area contributed by atoms with E-state index in [0.717, 1.165) is 5.56 Å². The minimum atomic E-state index is -1.14. The average Bonchev–Trinajstić information content (AvgIpc) is 2.70.